The topological polar surface area (TPSA) is 102 Å². The van der Waals surface area contributed by atoms with Crippen LogP contribution in [0.3, 0.4) is 0 Å². The number of benzene rings is 1. The third kappa shape index (κ3) is 4.60. The summed E-state index contributed by atoms with van der Waals surface area (Å²) in [5.74, 6) is -4.03. The lowest BCUT2D eigenvalue weighted by Crippen LogP contribution is -2.41. The van der Waals surface area contributed by atoms with E-state index in [1.54, 1.807) is 0 Å². The molecule has 0 spiro atoms. The molecule has 10 heteroatoms. The van der Waals surface area contributed by atoms with Crippen LogP contribution in [-0.2, 0) is 10.0 Å². The van der Waals surface area contributed by atoms with Crippen LogP contribution in [0.1, 0.15) is 10.4 Å². The standard InChI is InChI=1S/C13H19F2N3O4S/c1-18(2)23(20,21)11-6-9(4-5-10(11)22-3)12(19)17-8-13(14,15)7-16/h4-6H,7-8,16H2,1-3H3,(H,17,19). The highest BCUT2D eigenvalue weighted by Gasteiger charge is 2.28. The number of carbonyl (C=O) groups excluding carboxylic acids is 1. The lowest BCUT2D eigenvalue weighted by atomic mass is 10.2. The Kier molecular flexibility index (Phi) is 6.03. The first kappa shape index (κ1) is 19.3. The number of nitrogens with two attached hydrogens (primary N) is 1. The number of alkyl halides is 2. The highest BCUT2D eigenvalue weighted by Crippen LogP contribution is 2.26. The minimum atomic E-state index is -3.86. The third-order valence-electron chi connectivity index (χ3n) is 2.99. The molecule has 0 heterocycles. The van der Waals surface area contributed by atoms with Gasteiger partial charge in [-0.15, -0.1) is 0 Å². The summed E-state index contributed by atoms with van der Waals surface area (Å²) in [6.45, 7) is -1.85. The average molecular weight is 351 g/mol. The number of ether oxygens (including phenoxy) is 1. The average Bonchev–Trinajstić information content (AvgIpc) is 2.51. The van der Waals surface area contributed by atoms with Gasteiger partial charge in [-0.2, -0.15) is 0 Å². The molecular formula is C13H19F2N3O4S. The Labute approximate surface area is 133 Å². The van der Waals surface area contributed by atoms with E-state index in [2.05, 4.69) is 0 Å². The first-order valence-corrected chi connectivity index (χ1v) is 7.96. The van der Waals surface area contributed by atoms with Gasteiger partial charge in [0.1, 0.15) is 10.6 Å². The van der Waals surface area contributed by atoms with Crippen molar-refractivity contribution in [2.24, 2.45) is 5.73 Å². The SMILES string of the molecule is COc1ccc(C(=O)NCC(F)(F)CN)cc1S(=O)(=O)N(C)C. The van der Waals surface area contributed by atoms with Gasteiger partial charge in [-0.3, -0.25) is 4.79 Å². The number of hydrogen-bond acceptors (Lipinski definition) is 5. The second-order valence-corrected chi connectivity index (χ2v) is 7.02. The van der Waals surface area contributed by atoms with Gasteiger partial charge in [0.15, 0.2) is 0 Å². The summed E-state index contributed by atoms with van der Waals surface area (Å²) in [5.41, 5.74) is 4.80. The van der Waals surface area contributed by atoms with Gasteiger partial charge in [0.2, 0.25) is 10.0 Å². The van der Waals surface area contributed by atoms with Gasteiger partial charge < -0.3 is 15.8 Å². The minimum Gasteiger partial charge on any atom is -0.495 e. The lowest BCUT2D eigenvalue weighted by molar-refractivity contribution is 0.0118. The molecule has 1 aromatic carbocycles. The third-order valence-corrected chi connectivity index (χ3v) is 4.83. The van der Waals surface area contributed by atoms with Crippen LogP contribution in [0.15, 0.2) is 23.1 Å². The molecule has 3 N–H and O–H groups in total. The largest absolute Gasteiger partial charge is 0.495 e. The zero-order chi connectivity index (χ0) is 17.8. The number of nitrogens with one attached hydrogen (secondary N) is 1. The number of halogens is 2. The summed E-state index contributed by atoms with van der Waals surface area (Å²) in [5, 5.41) is 2.02. The highest BCUT2D eigenvalue weighted by atomic mass is 32.2. The molecule has 1 aromatic rings. The van der Waals surface area contributed by atoms with Gasteiger partial charge in [0, 0.05) is 19.7 Å². The van der Waals surface area contributed by atoms with E-state index in [-0.39, 0.29) is 16.2 Å². The van der Waals surface area contributed by atoms with Crippen molar-refractivity contribution >= 4 is 15.9 Å². The van der Waals surface area contributed by atoms with Crippen molar-refractivity contribution in [1.29, 1.82) is 0 Å². The zero-order valence-electron chi connectivity index (χ0n) is 13.0. The smallest absolute Gasteiger partial charge is 0.277 e. The van der Waals surface area contributed by atoms with Crippen molar-refractivity contribution < 1.29 is 26.7 Å². The molecule has 1 rings (SSSR count). The van der Waals surface area contributed by atoms with Crippen molar-refractivity contribution in [3.63, 3.8) is 0 Å². The van der Waals surface area contributed by atoms with E-state index in [0.717, 1.165) is 10.4 Å². The summed E-state index contributed by atoms with van der Waals surface area (Å²) >= 11 is 0. The fourth-order valence-corrected chi connectivity index (χ4v) is 2.67. The number of sulfonamides is 1. The molecule has 0 bridgehead atoms. The van der Waals surface area contributed by atoms with Crippen molar-refractivity contribution in [2.75, 3.05) is 34.3 Å². The second-order valence-electron chi connectivity index (χ2n) is 4.90. The van der Waals surface area contributed by atoms with Crippen LogP contribution in [0.25, 0.3) is 0 Å². The number of rotatable bonds is 7. The Bertz CT molecular complexity index is 678. The molecule has 23 heavy (non-hydrogen) atoms. The predicted octanol–water partition coefficient (Wildman–Crippen LogP) is 0.269. The molecule has 0 radical (unpaired) electrons. The molecule has 7 nitrogen and oxygen atoms in total. The summed E-state index contributed by atoms with van der Waals surface area (Å²) in [4.78, 5) is 11.7. The molecular weight excluding hydrogens is 332 g/mol. The Morgan fingerprint density at radius 3 is 2.48 bits per heavy atom. The van der Waals surface area contributed by atoms with E-state index in [1.165, 1.54) is 33.3 Å². The number of nitrogens with zero attached hydrogens (tertiary/aromatic N) is 1. The van der Waals surface area contributed by atoms with E-state index in [9.17, 15) is 22.0 Å². The monoisotopic (exact) mass is 351 g/mol. The van der Waals surface area contributed by atoms with Crippen LogP contribution in [0.2, 0.25) is 0 Å². The van der Waals surface area contributed by atoms with Gasteiger partial charge in [-0.25, -0.2) is 21.5 Å². The molecule has 0 aliphatic heterocycles. The molecule has 0 saturated heterocycles. The summed E-state index contributed by atoms with van der Waals surface area (Å²) in [6.07, 6.45) is 0. The molecule has 1 amide bonds. The molecule has 0 aliphatic carbocycles. The first-order valence-electron chi connectivity index (χ1n) is 6.52. The minimum absolute atomic E-state index is 0.0440. The van der Waals surface area contributed by atoms with Gasteiger partial charge in [0.25, 0.3) is 11.8 Å². The second kappa shape index (κ2) is 7.20. The van der Waals surface area contributed by atoms with Gasteiger partial charge in [0.05, 0.1) is 20.2 Å². The summed E-state index contributed by atoms with van der Waals surface area (Å²) in [7, 11) is 0.0653. The molecule has 0 atom stereocenters. The molecule has 0 aromatic heterocycles. The maximum Gasteiger partial charge on any atom is 0.277 e. The Morgan fingerprint density at radius 2 is 2.00 bits per heavy atom. The van der Waals surface area contributed by atoms with E-state index >= 15 is 0 Å². The van der Waals surface area contributed by atoms with Crippen molar-refractivity contribution in [3.05, 3.63) is 23.8 Å². The predicted molar refractivity (Wildman–Crippen MR) is 80.2 cm³/mol. The Hall–Kier alpha value is -1.78. The van der Waals surface area contributed by atoms with Crippen LogP contribution in [-0.4, -0.2) is 58.8 Å². The fraction of sp³-hybridized carbons (Fsp3) is 0.462. The van der Waals surface area contributed by atoms with Crippen LogP contribution in [0.5, 0.6) is 5.75 Å². The van der Waals surface area contributed by atoms with Crippen molar-refractivity contribution in [1.82, 2.24) is 9.62 Å². The van der Waals surface area contributed by atoms with Gasteiger partial charge in [-0.1, -0.05) is 0 Å². The zero-order valence-corrected chi connectivity index (χ0v) is 13.8. The number of hydrogen-bond donors (Lipinski definition) is 2. The van der Waals surface area contributed by atoms with Crippen LogP contribution in [0, 0.1) is 0 Å². The summed E-state index contributed by atoms with van der Waals surface area (Å²) < 4.78 is 56.5. The Balaban J connectivity index is 3.14. The van der Waals surface area contributed by atoms with Crippen molar-refractivity contribution in [3.8, 4) is 5.75 Å². The molecule has 130 valence electrons. The molecule has 0 aliphatic rings. The highest BCUT2D eigenvalue weighted by molar-refractivity contribution is 7.89. The van der Waals surface area contributed by atoms with Crippen LogP contribution < -0.4 is 15.8 Å². The molecule has 0 fully saturated rings. The quantitative estimate of drug-likeness (QED) is 0.734. The molecule has 0 unspecified atom stereocenters. The summed E-state index contributed by atoms with van der Waals surface area (Å²) in [6, 6.07) is 3.64. The lowest BCUT2D eigenvalue weighted by Gasteiger charge is -2.17. The van der Waals surface area contributed by atoms with E-state index in [1.807, 2.05) is 5.32 Å². The van der Waals surface area contributed by atoms with Crippen LogP contribution in [0.4, 0.5) is 8.78 Å². The van der Waals surface area contributed by atoms with E-state index < -0.39 is 34.9 Å². The first-order chi connectivity index (χ1) is 10.5. The number of carbonyl (C=O) groups is 1. The maximum atomic E-state index is 13.1. The van der Waals surface area contributed by atoms with Gasteiger partial charge >= 0.3 is 0 Å². The maximum absolute atomic E-state index is 13.1. The van der Waals surface area contributed by atoms with Crippen molar-refractivity contribution in [2.45, 2.75) is 10.8 Å². The fourth-order valence-electron chi connectivity index (χ4n) is 1.60. The number of methoxy groups -OCH3 is 1. The molecule has 0 saturated carbocycles. The number of amides is 1. The normalized spacial score (nSPS) is 12.3. The van der Waals surface area contributed by atoms with E-state index in [4.69, 9.17) is 10.5 Å². The van der Waals surface area contributed by atoms with Crippen LogP contribution >= 0.6 is 0 Å². The Morgan fingerprint density at radius 1 is 1.39 bits per heavy atom. The van der Waals surface area contributed by atoms with Gasteiger partial charge in [-0.05, 0) is 18.2 Å². The van der Waals surface area contributed by atoms with E-state index in [0.29, 0.717) is 0 Å².